The number of carbonyl (C=O) groups excluding carboxylic acids is 1. The van der Waals surface area contributed by atoms with Gasteiger partial charge >= 0.3 is 0 Å². The minimum Gasteiger partial charge on any atom is -0.371 e. The summed E-state index contributed by atoms with van der Waals surface area (Å²) in [6.45, 7) is 4.68. The van der Waals surface area contributed by atoms with E-state index < -0.39 is 10.0 Å². The largest absolute Gasteiger partial charge is 0.371 e. The molecule has 0 unspecified atom stereocenters. The third kappa shape index (κ3) is 4.31. The number of anilines is 2. The first-order valence-electron chi connectivity index (χ1n) is 10.1. The van der Waals surface area contributed by atoms with E-state index in [1.54, 1.807) is 12.1 Å². The first-order valence-corrected chi connectivity index (χ1v) is 12.4. The van der Waals surface area contributed by atoms with E-state index in [2.05, 4.69) is 15.2 Å². The monoisotopic (exact) mass is 434 g/mol. The van der Waals surface area contributed by atoms with Gasteiger partial charge < -0.3 is 4.90 Å². The van der Waals surface area contributed by atoms with Crippen molar-refractivity contribution in [2.45, 2.75) is 43.9 Å². The Bertz CT molecular complexity index is 991. The van der Waals surface area contributed by atoms with Crippen LogP contribution in [0.25, 0.3) is 0 Å². The predicted molar refractivity (Wildman–Crippen MR) is 115 cm³/mol. The molecular formula is C20H26N4O3S2. The van der Waals surface area contributed by atoms with Crippen LogP contribution in [0.3, 0.4) is 0 Å². The number of amides is 1. The number of aryl methyl sites for hydroxylation is 1. The number of aromatic nitrogens is 1. The summed E-state index contributed by atoms with van der Waals surface area (Å²) in [5, 5.41) is 5.22. The molecule has 0 spiro atoms. The zero-order valence-electron chi connectivity index (χ0n) is 16.6. The molecular weight excluding hydrogens is 408 g/mol. The number of nitrogens with one attached hydrogen (secondary N) is 1. The van der Waals surface area contributed by atoms with Crippen molar-refractivity contribution in [3.63, 3.8) is 0 Å². The van der Waals surface area contributed by atoms with Gasteiger partial charge in [-0.1, -0.05) is 6.42 Å². The second-order valence-corrected chi connectivity index (χ2v) is 10.4. The summed E-state index contributed by atoms with van der Waals surface area (Å²) >= 11 is 1.36. The van der Waals surface area contributed by atoms with Gasteiger partial charge in [0.2, 0.25) is 10.0 Å². The van der Waals surface area contributed by atoms with Crippen LogP contribution in [-0.2, 0) is 10.0 Å². The minimum absolute atomic E-state index is 0.183. The Morgan fingerprint density at radius 3 is 2.41 bits per heavy atom. The predicted octanol–water partition coefficient (Wildman–Crippen LogP) is 3.48. The number of sulfonamides is 1. The van der Waals surface area contributed by atoms with Crippen LogP contribution in [0.2, 0.25) is 0 Å². The highest BCUT2D eigenvalue weighted by atomic mass is 32.2. The fourth-order valence-electron chi connectivity index (χ4n) is 3.92. The molecule has 2 saturated heterocycles. The number of nitrogens with zero attached hydrogens (tertiary/aromatic N) is 3. The molecule has 2 aromatic rings. The van der Waals surface area contributed by atoms with E-state index in [-0.39, 0.29) is 10.8 Å². The number of piperidine rings is 1. The molecule has 2 fully saturated rings. The van der Waals surface area contributed by atoms with Gasteiger partial charge in [-0.25, -0.2) is 13.4 Å². The first kappa shape index (κ1) is 20.3. The van der Waals surface area contributed by atoms with Gasteiger partial charge in [0, 0.05) is 37.2 Å². The maximum absolute atomic E-state index is 13.1. The van der Waals surface area contributed by atoms with Crippen molar-refractivity contribution in [1.82, 2.24) is 9.29 Å². The number of thiazole rings is 1. The van der Waals surface area contributed by atoms with E-state index >= 15 is 0 Å². The molecule has 2 aliphatic heterocycles. The Morgan fingerprint density at radius 1 is 1.07 bits per heavy atom. The molecule has 0 saturated carbocycles. The molecule has 29 heavy (non-hydrogen) atoms. The van der Waals surface area contributed by atoms with Crippen LogP contribution < -0.4 is 10.2 Å². The number of hydrogen-bond acceptors (Lipinski definition) is 6. The molecule has 1 amide bonds. The lowest BCUT2D eigenvalue weighted by atomic mass is 10.1. The number of rotatable bonds is 5. The van der Waals surface area contributed by atoms with E-state index in [0.29, 0.717) is 23.8 Å². The van der Waals surface area contributed by atoms with Crippen molar-refractivity contribution < 1.29 is 13.2 Å². The maximum atomic E-state index is 13.1. The van der Waals surface area contributed by atoms with Gasteiger partial charge in [-0.05, 0) is 50.8 Å². The fourth-order valence-corrected chi connectivity index (χ4v) is 6.15. The van der Waals surface area contributed by atoms with Crippen LogP contribution in [0, 0.1) is 6.92 Å². The molecule has 0 bridgehead atoms. The summed E-state index contributed by atoms with van der Waals surface area (Å²) in [5.41, 5.74) is 2.01. The summed E-state index contributed by atoms with van der Waals surface area (Å²) in [4.78, 5) is 19.7. The molecule has 9 heteroatoms. The van der Waals surface area contributed by atoms with Gasteiger partial charge in [-0.15, -0.1) is 11.3 Å². The van der Waals surface area contributed by atoms with Crippen molar-refractivity contribution in [2.24, 2.45) is 0 Å². The molecule has 156 valence electrons. The Balaban J connectivity index is 1.69. The zero-order valence-corrected chi connectivity index (χ0v) is 18.2. The Hall–Kier alpha value is -1.97. The van der Waals surface area contributed by atoms with Gasteiger partial charge in [0.25, 0.3) is 5.91 Å². The lowest BCUT2D eigenvalue weighted by Crippen LogP contribution is -2.35. The van der Waals surface area contributed by atoms with Gasteiger partial charge in [-0.3, -0.25) is 10.1 Å². The van der Waals surface area contributed by atoms with Gasteiger partial charge in [0.05, 0.1) is 16.2 Å². The molecule has 1 aromatic heterocycles. The highest BCUT2D eigenvalue weighted by Gasteiger charge is 2.29. The Labute approximate surface area is 175 Å². The molecule has 1 N–H and O–H groups in total. The summed E-state index contributed by atoms with van der Waals surface area (Å²) in [6, 6.07) is 4.96. The quantitative estimate of drug-likeness (QED) is 0.779. The first-order chi connectivity index (χ1) is 13.9. The van der Waals surface area contributed by atoms with E-state index in [0.717, 1.165) is 56.6 Å². The fraction of sp³-hybridized carbons (Fsp3) is 0.500. The second kappa shape index (κ2) is 8.41. The highest BCUT2D eigenvalue weighted by Crippen LogP contribution is 2.30. The summed E-state index contributed by atoms with van der Waals surface area (Å²) in [7, 11) is -3.61. The molecule has 0 aliphatic carbocycles. The van der Waals surface area contributed by atoms with Crippen molar-refractivity contribution in [3.8, 4) is 0 Å². The van der Waals surface area contributed by atoms with E-state index in [4.69, 9.17) is 0 Å². The number of hydrogen-bond donors (Lipinski definition) is 1. The van der Waals surface area contributed by atoms with Gasteiger partial charge in [-0.2, -0.15) is 4.31 Å². The molecule has 0 atom stereocenters. The van der Waals surface area contributed by atoms with Crippen molar-refractivity contribution in [3.05, 3.63) is 34.8 Å². The van der Waals surface area contributed by atoms with Crippen LogP contribution in [0.5, 0.6) is 0 Å². The van der Waals surface area contributed by atoms with Crippen LogP contribution >= 0.6 is 11.3 Å². The Kier molecular flexibility index (Phi) is 5.89. The van der Waals surface area contributed by atoms with Crippen LogP contribution in [-0.4, -0.2) is 49.8 Å². The van der Waals surface area contributed by atoms with Crippen LogP contribution in [0.1, 0.15) is 48.2 Å². The SMILES string of the molecule is Cc1csc(NC(=O)c2cc(S(=O)(=O)N3CCCCC3)ccc2N2CCCC2)n1. The maximum Gasteiger partial charge on any atom is 0.259 e. The lowest BCUT2D eigenvalue weighted by molar-refractivity contribution is 0.102. The summed E-state index contributed by atoms with van der Waals surface area (Å²) < 4.78 is 27.8. The third-order valence-corrected chi connectivity index (χ3v) is 8.22. The molecule has 2 aliphatic rings. The lowest BCUT2D eigenvalue weighted by Gasteiger charge is -2.27. The van der Waals surface area contributed by atoms with E-state index in [9.17, 15) is 13.2 Å². The highest BCUT2D eigenvalue weighted by molar-refractivity contribution is 7.89. The van der Waals surface area contributed by atoms with Crippen molar-refractivity contribution >= 4 is 38.1 Å². The minimum atomic E-state index is -3.61. The molecule has 3 heterocycles. The zero-order chi connectivity index (χ0) is 20.4. The van der Waals surface area contributed by atoms with Gasteiger partial charge in [0.1, 0.15) is 0 Å². The molecule has 1 aromatic carbocycles. The van der Waals surface area contributed by atoms with Gasteiger partial charge in [0.15, 0.2) is 5.13 Å². The normalized spacial score (nSPS) is 18.2. The number of carbonyl (C=O) groups is 1. The van der Waals surface area contributed by atoms with E-state index in [1.807, 2.05) is 12.3 Å². The van der Waals surface area contributed by atoms with Crippen LogP contribution in [0.4, 0.5) is 10.8 Å². The standard InChI is InChI=1S/C20H26N4O3S2/c1-15-14-28-20(21-15)22-19(25)17-13-16(7-8-18(17)23-9-5-6-10-23)29(26,27)24-11-3-2-4-12-24/h7-8,13-14H,2-6,9-12H2,1H3,(H,21,22,25). The summed E-state index contributed by atoms with van der Waals surface area (Å²) in [6.07, 6.45) is 4.95. The average Bonchev–Trinajstić information content (AvgIpc) is 3.40. The summed E-state index contributed by atoms with van der Waals surface area (Å²) in [5.74, 6) is -0.322. The second-order valence-electron chi connectivity index (χ2n) is 7.59. The van der Waals surface area contributed by atoms with Crippen molar-refractivity contribution in [1.29, 1.82) is 0 Å². The average molecular weight is 435 g/mol. The number of benzene rings is 1. The molecule has 7 nitrogen and oxygen atoms in total. The molecule has 0 radical (unpaired) electrons. The Morgan fingerprint density at radius 2 is 1.76 bits per heavy atom. The smallest absolute Gasteiger partial charge is 0.259 e. The van der Waals surface area contributed by atoms with E-state index in [1.165, 1.54) is 21.7 Å². The van der Waals surface area contributed by atoms with Crippen LogP contribution in [0.15, 0.2) is 28.5 Å². The third-order valence-electron chi connectivity index (χ3n) is 5.45. The van der Waals surface area contributed by atoms with Crippen molar-refractivity contribution in [2.75, 3.05) is 36.4 Å². The molecule has 4 rings (SSSR count). The topological polar surface area (TPSA) is 82.6 Å².